The van der Waals surface area contributed by atoms with Crippen molar-refractivity contribution in [2.24, 2.45) is 0 Å². The summed E-state index contributed by atoms with van der Waals surface area (Å²) in [7, 11) is -2.48. The molecule has 0 saturated carbocycles. The first kappa shape index (κ1) is 24.0. The number of piperazine rings is 1. The van der Waals surface area contributed by atoms with Crippen molar-refractivity contribution in [1.29, 1.82) is 0 Å². The van der Waals surface area contributed by atoms with Crippen LogP contribution in [0.5, 0.6) is 5.75 Å². The Morgan fingerprint density at radius 2 is 1.58 bits per heavy atom. The summed E-state index contributed by atoms with van der Waals surface area (Å²) in [5.74, 6) is 0.548. The minimum Gasteiger partial charge on any atom is -0.497 e. The molecular weight excluding hydrogens is 481 g/mol. The molecule has 2 heterocycles. The third kappa shape index (κ3) is 4.98. The summed E-state index contributed by atoms with van der Waals surface area (Å²) in [6, 6.07) is 22.0. The van der Waals surface area contributed by atoms with Gasteiger partial charge in [0, 0.05) is 38.3 Å². The maximum Gasteiger partial charge on any atom is 0.236 e. The van der Waals surface area contributed by atoms with E-state index in [4.69, 9.17) is 9.15 Å². The summed E-state index contributed by atoms with van der Waals surface area (Å²) in [6.45, 7) is 3.46. The number of rotatable bonds is 7. The van der Waals surface area contributed by atoms with Gasteiger partial charge in [0.25, 0.3) is 0 Å². The number of nitrogens with zero attached hydrogens (tertiary/aromatic N) is 3. The van der Waals surface area contributed by atoms with Crippen molar-refractivity contribution in [1.82, 2.24) is 9.88 Å². The van der Waals surface area contributed by atoms with Gasteiger partial charge in [-0.05, 0) is 54.1 Å². The molecule has 0 N–H and O–H groups in total. The average molecular weight is 508 g/mol. The summed E-state index contributed by atoms with van der Waals surface area (Å²) < 4.78 is 51.9. The molecule has 5 rings (SSSR count). The molecule has 1 fully saturated rings. The first-order valence-electron chi connectivity index (χ1n) is 11.6. The van der Waals surface area contributed by atoms with Crippen molar-refractivity contribution < 1.29 is 22.0 Å². The van der Waals surface area contributed by atoms with Crippen LogP contribution in [0.2, 0.25) is 0 Å². The van der Waals surface area contributed by atoms with Crippen molar-refractivity contribution in [2.45, 2.75) is 16.5 Å². The Kier molecular flexibility index (Phi) is 6.75. The Balaban J connectivity index is 1.46. The van der Waals surface area contributed by atoms with Gasteiger partial charge in [-0.25, -0.2) is 12.8 Å². The zero-order chi connectivity index (χ0) is 25.1. The summed E-state index contributed by atoms with van der Waals surface area (Å²) in [6.07, 6.45) is 0. The van der Waals surface area contributed by atoms with E-state index in [0.717, 1.165) is 31.8 Å². The van der Waals surface area contributed by atoms with Crippen molar-refractivity contribution in [2.75, 3.05) is 38.2 Å². The second-order valence-electron chi connectivity index (χ2n) is 8.56. The van der Waals surface area contributed by atoms with E-state index >= 15 is 0 Å². The summed E-state index contributed by atoms with van der Waals surface area (Å²) >= 11 is 0. The lowest BCUT2D eigenvalue weighted by Gasteiger charge is -2.34. The number of hydrogen-bond acceptors (Lipinski definition) is 7. The summed E-state index contributed by atoms with van der Waals surface area (Å²) in [4.78, 5) is 8.62. The number of oxazole rings is 1. The normalized spacial score (nSPS) is 14.7. The molecule has 1 saturated heterocycles. The third-order valence-electron chi connectivity index (χ3n) is 6.20. The molecule has 0 spiro atoms. The van der Waals surface area contributed by atoms with E-state index in [1.165, 1.54) is 17.7 Å². The predicted molar refractivity (Wildman–Crippen MR) is 134 cm³/mol. The second-order valence-corrected chi connectivity index (χ2v) is 10.4. The Hall–Kier alpha value is -3.69. The smallest absolute Gasteiger partial charge is 0.236 e. The molecule has 7 nitrogen and oxygen atoms in total. The molecule has 3 aromatic carbocycles. The number of methoxy groups -OCH3 is 1. The maximum atomic E-state index is 13.6. The quantitative estimate of drug-likeness (QED) is 0.337. The van der Waals surface area contributed by atoms with Crippen LogP contribution in [0, 0.1) is 5.82 Å². The fraction of sp³-hybridized carbons (Fsp3) is 0.222. The molecule has 0 unspecified atom stereocenters. The first-order chi connectivity index (χ1) is 17.4. The zero-order valence-electron chi connectivity index (χ0n) is 19.8. The van der Waals surface area contributed by atoms with Gasteiger partial charge in [-0.2, -0.15) is 4.98 Å². The molecule has 1 aliphatic heterocycles. The molecule has 186 valence electrons. The summed E-state index contributed by atoms with van der Waals surface area (Å²) in [5, 5.41) is -0.170. The Bertz CT molecular complexity index is 1410. The molecule has 0 bridgehead atoms. The highest BCUT2D eigenvalue weighted by Crippen LogP contribution is 2.35. The van der Waals surface area contributed by atoms with Gasteiger partial charge >= 0.3 is 0 Å². The van der Waals surface area contributed by atoms with Crippen LogP contribution in [-0.2, 0) is 16.4 Å². The number of halogens is 1. The average Bonchev–Trinajstić information content (AvgIpc) is 3.37. The molecular formula is C27H26FN3O4S. The Morgan fingerprint density at radius 1 is 0.917 bits per heavy atom. The number of benzene rings is 3. The van der Waals surface area contributed by atoms with E-state index < -0.39 is 15.7 Å². The van der Waals surface area contributed by atoms with E-state index in [-0.39, 0.29) is 21.7 Å². The van der Waals surface area contributed by atoms with Crippen molar-refractivity contribution >= 4 is 15.7 Å². The first-order valence-corrected chi connectivity index (χ1v) is 13.1. The van der Waals surface area contributed by atoms with Gasteiger partial charge in [0.1, 0.15) is 11.6 Å². The van der Waals surface area contributed by atoms with Crippen LogP contribution < -0.4 is 9.64 Å². The third-order valence-corrected chi connectivity index (χ3v) is 7.87. The lowest BCUT2D eigenvalue weighted by atomic mass is 10.2. The van der Waals surface area contributed by atoms with Gasteiger partial charge < -0.3 is 14.1 Å². The van der Waals surface area contributed by atoms with Crippen LogP contribution in [0.1, 0.15) is 5.56 Å². The molecule has 1 aliphatic rings. The highest BCUT2D eigenvalue weighted by atomic mass is 32.2. The largest absolute Gasteiger partial charge is 0.497 e. The number of aromatic nitrogens is 1. The van der Waals surface area contributed by atoms with E-state index in [1.54, 1.807) is 31.4 Å². The highest BCUT2D eigenvalue weighted by Gasteiger charge is 2.33. The monoisotopic (exact) mass is 507 g/mol. The van der Waals surface area contributed by atoms with Gasteiger partial charge in [-0.3, -0.25) is 4.90 Å². The minimum atomic E-state index is -4.05. The topological polar surface area (TPSA) is 75.9 Å². The van der Waals surface area contributed by atoms with Crippen molar-refractivity contribution in [3.05, 3.63) is 90.2 Å². The van der Waals surface area contributed by atoms with Gasteiger partial charge in [-0.1, -0.05) is 30.3 Å². The predicted octanol–water partition coefficient (Wildman–Crippen LogP) is 4.64. The Labute approximate surface area is 209 Å². The molecule has 0 atom stereocenters. The molecule has 0 radical (unpaired) electrons. The zero-order valence-corrected chi connectivity index (χ0v) is 20.6. The van der Waals surface area contributed by atoms with Crippen molar-refractivity contribution in [3.8, 4) is 17.2 Å². The van der Waals surface area contributed by atoms with Gasteiger partial charge in [0.2, 0.25) is 26.6 Å². The van der Waals surface area contributed by atoms with E-state index in [0.29, 0.717) is 24.4 Å². The Morgan fingerprint density at radius 3 is 2.22 bits per heavy atom. The van der Waals surface area contributed by atoms with Gasteiger partial charge in [0.15, 0.2) is 0 Å². The highest BCUT2D eigenvalue weighted by molar-refractivity contribution is 7.91. The molecule has 9 heteroatoms. The molecule has 4 aromatic rings. The SMILES string of the molecule is COc1ccc(-c2nc(S(=O)(=O)c3ccc(F)cc3)c(N3CCN(Cc4ccccc4)CC3)o2)cc1. The van der Waals surface area contributed by atoms with E-state index in [1.807, 2.05) is 23.1 Å². The van der Waals surface area contributed by atoms with E-state index in [9.17, 15) is 12.8 Å². The van der Waals surface area contributed by atoms with Crippen molar-refractivity contribution in [3.63, 3.8) is 0 Å². The van der Waals surface area contributed by atoms with E-state index in [2.05, 4.69) is 22.0 Å². The number of hydrogen-bond donors (Lipinski definition) is 0. The van der Waals surface area contributed by atoms with Crippen LogP contribution >= 0.6 is 0 Å². The fourth-order valence-corrected chi connectivity index (χ4v) is 5.53. The fourth-order valence-electron chi connectivity index (χ4n) is 4.21. The van der Waals surface area contributed by atoms with Crippen LogP contribution in [0.3, 0.4) is 0 Å². The second kappa shape index (κ2) is 10.1. The molecule has 0 aliphatic carbocycles. The van der Waals surface area contributed by atoms with Gasteiger partial charge in [-0.15, -0.1) is 0 Å². The standard InChI is InChI=1S/C27H26FN3O4S/c1-34-23-11-7-21(8-12-23)25-29-26(36(32,33)24-13-9-22(28)10-14-24)27(35-25)31-17-15-30(16-18-31)19-20-5-3-2-4-6-20/h2-14H,15-19H2,1H3. The molecule has 36 heavy (non-hydrogen) atoms. The van der Waals surface area contributed by atoms with Crippen LogP contribution in [0.25, 0.3) is 11.5 Å². The van der Waals surface area contributed by atoms with Crippen LogP contribution in [0.4, 0.5) is 10.3 Å². The lowest BCUT2D eigenvalue weighted by molar-refractivity contribution is 0.245. The number of anilines is 1. The summed E-state index contributed by atoms with van der Waals surface area (Å²) in [5.41, 5.74) is 1.85. The minimum absolute atomic E-state index is 0.0394. The number of sulfone groups is 1. The lowest BCUT2D eigenvalue weighted by Crippen LogP contribution is -2.46. The van der Waals surface area contributed by atoms with Gasteiger partial charge in [0.05, 0.1) is 12.0 Å². The van der Waals surface area contributed by atoms with Crippen LogP contribution in [-0.4, -0.2) is 51.6 Å². The maximum absolute atomic E-state index is 13.6. The molecule has 0 amide bonds. The molecule has 1 aromatic heterocycles. The number of ether oxygens (including phenoxy) is 1. The van der Waals surface area contributed by atoms with Crippen LogP contribution in [0.15, 0.2) is 93.2 Å².